The predicted octanol–water partition coefficient (Wildman–Crippen LogP) is 2.32. The van der Waals surface area contributed by atoms with Crippen molar-refractivity contribution in [3.05, 3.63) is 47.8 Å². The molecule has 164 valence electrons. The second kappa shape index (κ2) is 8.30. The van der Waals surface area contributed by atoms with Crippen molar-refractivity contribution in [2.45, 2.75) is 37.7 Å². The van der Waals surface area contributed by atoms with E-state index >= 15 is 0 Å². The Balaban J connectivity index is 1.38. The van der Waals surface area contributed by atoms with Crippen LogP contribution in [0.5, 0.6) is 0 Å². The van der Waals surface area contributed by atoms with Crippen molar-refractivity contribution in [3.63, 3.8) is 0 Å². The summed E-state index contributed by atoms with van der Waals surface area (Å²) in [6.07, 6.45) is 5.32. The number of rotatable bonds is 3. The molecule has 0 saturated carbocycles. The minimum absolute atomic E-state index is 0.0526. The Hall–Kier alpha value is -2.35. The first kappa shape index (κ1) is 20.5. The van der Waals surface area contributed by atoms with Crippen LogP contribution in [0.15, 0.2) is 36.5 Å². The molecule has 0 radical (unpaired) electrons. The molecule has 0 aliphatic carbocycles. The van der Waals surface area contributed by atoms with E-state index in [1.165, 1.54) is 0 Å². The van der Waals surface area contributed by atoms with Gasteiger partial charge in [0.25, 0.3) is 0 Å². The van der Waals surface area contributed by atoms with Gasteiger partial charge >= 0.3 is 0 Å². The zero-order valence-corrected chi connectivity index (χ0v) is 17.8. The number of hydrogen-bond donors (Lipinski definition) is 1. The molecule has 3 aliphatic heterocycles. The number of aliphatic hydroxyl groups is 1. The minimum atomic E-state index is -0.698. The van der Waals surface area contributed by atoms with E-state index in [-0.39, 0.29) is 12.5 Å². The van der Waals surface area contributed by atoms with E-state index in [0.29, 0.717) is 64.4 Å². The number of likely N-dealkylation sites (tertiary alicyclic amines) is 1. The average Bonchev–Trinajstić information content (AvgIpc) is 2.85. The van der Waals surface area contributed by atoms with Gasteiger partial charge in [0.05, 0.1) is 24.3 Å². The molecule has 7 nitrogen and oxygen atoms in total. The average molecular weight is 424 g/mol. The number of aromatic nitrogens is 2. The Labute approximate surface area is 182 Å². The molecule has 0 atom stereocenters. The molecular formula is C24H29N3O4. The van der Waals surface area contributed by atoms with Gasteiger partial charge in [0.2, 0.25) is 5.91 Å². The zero-order chi connectivity index (χ0) is 21.3. The monoisotopic (exact) mass is 423 g/mol. The van der Waals surface area contributed by atoms with Gasteiger partial charge in [-0.2, -0.15) is 0 Å². The summed E-state index contributed by atoms with van der Waals surface area (Å²) in [5.41, 5.74) is 1.93. The van der Waals surface area contributed by atoms with Crippen LogP contribution in [-0.4, -0.2) is 65.4 Å². The van der Waals surface area contributed by atoms with Gasteiger partial charge in [-0.25, -0.2) is 9.97 Å². The van der Waals surface area contributed by atoms with Gasteiger partial charge in [-0.05, 0) is 37.7 Å². The smallest absolute Gasteiger partial charge is 0.231 e. The number of carbonyl (C=O) groups is 1. The number of amides is 1. The Morgan fingerprint density at radius 1 is 1.06 bits per heavy atom. The fraction of sp³-hybridized carbons (Fsp3) is 0.542. The van der Waals surface area contributed by atoms with Crippen molar-refractivity contribution in [1.29, 1.82) is 0 Å². The summed E-state index contributed by atoms with van der Waals surface area (Å²) in [4.78, 5) is 24.8. The molecule has 1 aromatic heterocycles. The quantitative estimate of drug-likeness (QED) is 0.816. The van der Waals surface area contributed by atoms with Gasteiger partial charge in [0.15, 0.2) is 5.82 Å². The molecule has 1 amide bonds. The van der Waals surface area contributed by atoms with E-state index in [0.717, 1.165) is 23.2 Å². The van der Waals surface area contributed by atoms with Crippen LogP contribution in [0.2, 0.25) is 0 Å². The lowest BCUT2D eigenvalue weighted by molar-refractivity contribution is -0.159. The van der Waals surface area contributed by atoms with Gasteiger partial charge in [-0.1, -0.05) is 30.3 Å². The van der Waals surface area contributed by atoms with Crippen LogP contribution in [0.1, 0.15) is 36.9 Å². The molecule has 1 spiro atoms. The van der Waals surface area contributed by atoms with Crippen LogP contribution in [0, 0.1) is 5.41 Å². The number of ether oxygens (including phenoxy) is 2. The molecule has 0 unspecified atom stereocenters. The molecule has 31 heavy (non-hydrogen) atoms. The van der Waals surface area contributed by atoms with Gasteiger partial charge < -0.3 is 19.5 Å². The highest BCUT2D eigenvalue weighted by Crippen LogP contribution is 2.42. The molecule has 3 aliphatic rings. The Kier molecular flexibility index (Phi) is 5.50. The van der Waals surface area contributed by atoms with Crippen molar-refractivity contribution >= 4 is 5.91 Å². The fourth-order valence-corrected chi connectivity index (χ4v) is 5.12. The third-order valence-corrected chi connectivity index (χ3v) is 7.14. The van der Waals surface area contributed by atoms with Crippen LogP contribution in [0.3, 0.4) is 0 Å². The zero-order valence-electron chi connectivity index (χ0n) is 17.8. The highest BCUT2D eigenvalue weighted by atomic mass is 16.5. The molecule has 7 heteroatoms. The second-order valence-electron chi connectivity index (χ2n) is 8.87. The van der Waals surface area contributed by atoms with Crippen LogP contribution >= 0.6 is 0 Å². The SMILES string of the molecule is O=C(N1CCC2(CC1)OCCc1cnc(-c3ccccc3)nc12)C1(CO)CCOCC1. The molecule has 1 N–H and O–H groups in total. The number of fused-ring (bicyclic) bond motifs is 2. The lowest BCUT2D eigenvalue weighted by Gasteiger charge is -2.46. The molecule has 5 rings (SSSR count). The van der Waals surface area contributed by atoms with E-state index in [9.17, 15) is 9.90 Å². The van der Waals surface area contributed by atoms with Gasteiger partial charge in [-0.15, -0.1) is 0 Å². The van der Waals surface area contributed by atoms with Gasteiger partial charge in [-0.3, -0.25) is 4.79 Å². The summed E-state index contributed by atoms with van der Waals surface area (Å²) in [5.74, 6) is 0.765. The predicted molar refractivity (Wildman–Crippen MR) is 114 cm³/mol. The lowest BCUT2D eigenvalue weighted by Crippen LogP contribution is -2.54. The minimum Gasteiger partial charge on any atom is -0.395 e. The summed E-state index contributed by atoms with van der Waals surface area (Å²) >= 11 is 0. The van der Waals surface area contributed by atoms with E-state index in [1.807, 2.05) is 41.4 Å². The van der Waals surface area contributed by atoms with E-state index in [1.54, 1.807) is 0 Å². The highest BCUT2D eigenvalue weighted by molar-refractivity contribution is 5.83. The largest absolute Gasteiger partial charge is 0.395 e. The Morgan fingerprint density at radius 3 is 2.52 bits per heavy atom. The normalized spacial score (nSPS) is 22.2. The molecule has 1 aromatic carbocycles. The van der Waals surface area contributed by atoms with Crippen LogP contribution < -0.4 is 0 Å². The number of carbonyl (C=O) groups excluding carboxylic acids is 1. The van der Waals surface area contributed by atoms with Crippen molar-refractivity contribution in [3.8, 4) is 11.4 Å². The molecule has 2 saturated heterocycles. The molecule has 0 bridgehead atoms. The first-order valence-corrected chi connectivity index (χ1v) is 11.2. The van der Waals surface area contributed by atoms with E-state index < -0.39 is 11.0 Å². The number of piperidine rings is 1. The summed E-state index contributed by atoms with van der Waals surface area (Å²) in [7, 11) is 0. The Morgan fingerprint density at radius 2 is 1.81 bits per heavy atom. The Bertz CT molecular complexity index is 935. The van der Waals surface area contributed by atoms with E-state index in [4.69, 9.17) is 14.5 Å². The topological polar surface area (TPSA) is 84.8 Å². The number of nitrogens with zero attached hydrogens (tertiary/aromatic N) is 3. The summed E-state index contributed by atoms with van der Waals surface area (Å²) in [6.45, 7) is 2.79. The fourth-order valence-electron chi connectivity index (χ4n) is 5.12. The number of benzene rings is 1. The van der Waals surface area contributed by atoms with Crippen molar-refractivity contribution in [2.75, 3.05) is 39.5 Å². The van der Waals surface area contributed by atoms with Gasteiger partial charge in [0.1, 0.15) is 5.60 Å². The van der Waals surface area contributed by atoms with Crippen molar-refractivity contribution in [2.24, 2.45) is 5.41 Å². The standard InChI is InChI=1S/C24H29N3O4/c28-17-23(9-14-30-15-10-23)22(29)27-11-7-24(8-12-27)20-19(6-13-31-24)16-25-21(26-20)18-4-2-1-3-5-18/h1-5,16,28H,6-15,17H2. The van der Waals surface area contributed by atoms with Crippen LogP contribution in [0.25, 0.3) is 11.4 Å². The molecule has 2 aromatic rings. The number of aliphatic hydroxyl groups excluding tert-OH is 1. The van der Waals surface area contributed by atoms with Crippen LogP contribution in [-0.2, 0) is 26.3 Å². The summed E-state index contributed by atoms with van der Waals surface area (Å²) in [5, 5.41) is 10.0. The molecule has 4 heterocycles. The summed E-state index contributed by atoms with van der Waals surface area (Å²) < 4.78 is 11.8. The summed E-state index contributed by atoms with van der Waals surface area (Å²) in [6, 6.07) is 9.99. The maximum absolute atomic E-state index is 13.3. The molecular weight excluding hydrogens is 394 g/mol. The third kappa shape index (κ3) is 3.64. The highest BCUT2D eigenvalue weighted by Gasteiger charge is 2.47. The van der Waals surface area contributed by atoms with Crippen molar-refractivity contribution in [1.82, 2.24) is 14.9 Å². The lowest BCUT2D eigenvalue weighted by atomic mass is 9.78. The maximum atomic E-state index is 13.3. The maximum Gasteiger partial charge on any atom is 0.231 e. The van der Waals surface area contributed by atoms with E-state index in [2.05, 4.69) is 4.98 Å². The van der Waals surface area contributed by atoms with Gasteiger partial charge in [0, 0.05) is 38.1 Å². The molecule has 2 fully saturated rings. The second-order valence-corrected chi connectivity index (χ2v) is 8.87. The van der Waals surface area contributed by atoms with Crippen molar-refractivity contribution < 1.29 is 19.4 Å². The third-order valence-electron chi connectivity index (χ3n) is 7.14. The number of hydrogen-bond acceptors (Lipinski definition) is 6. The van der Waals surface area contributed by atoms with Crippen LogP contribution in [0.4, 0.5) is 0 Å². The first-order chi connectivity index (χ1) is 15.2. The first-order valence-electron chi connectivity index (χ1n) is 11.2.